The molecule has 1 aromatic rings. The predicted octanol–water partition coefficient (Wildman–Crippen LogP) is 8.92. The van der Waals surface area contributed by atoms with Gasteiger partial charge in [-0.2, -0.15) is 5.10 Å². The first-order valence-electron chi connectivity index (χ1n) is 17.6. The highest BCUT2D eigenvalue weighted by Gasteiger charge is 2.27. The van der Waals surface area contributed by atoms with E-state index in [-0.39, 0.29) is 12.7 Å². The van der Waals surface area contributed by atoms with Crippen LogP contribution < -0.4 is 5.32 Å². The van der Waals surface area contributed by atoms with Gasteiger partial charge in [0.1, 0.15) is 18.5 Å². The lowest BCUT2D eigenvalue weighted by Gasteiger charge is -2.28. The molecule has 9 nitrogen and oxygen atoms in total. The Balaban J connectivity index is 1.92. The van der Waals surface area contributed by atoms with Crippen molar-refractivity contribution in [1.29, 1.82) is 0 Å². The molecule has 1 aromatic heterocycles. The number of hydrogen-bond donors (Lipinski definition) is 2. The van der Waals surface area contributed by atoms with Gasteiger partial charge in [0, 0.05) is 33.9 Å². The van der Waals surface area contributed by atoms with Crippen molar-refractivity contribution in [2.45, 2.75) is 154 Å². The molecule has 0 aromatic carbocycles. The summed E-state index contributed by atoms with van der Waals surface area (Å²) in [6.07, 6.45) is 28.3. The summed E-state index contributed by atoms with van der Waals surface area (Å²) >= 11 is 0. The van der Waals surface area contributed by atoms with E-state index in [9.17, 15) is 4.79 Å². The van der Waals surface area contributed by atoms with Gasteiger partial charge in [0.15, 0.2) is 0 Å². The first-order valence-corrected chi connectivity index (χ1v) is 17.6. The number of unbranched alkanes of at least 4 members (excludes halogenated alkanes) is 19. The van der Waals surface area contributed by atoms with Crippen LogP contribution in [-0.4, -0.2) is 78.8 Å². The number of carbonyl (C=O) groups is 1. The van der Waals surface area contributed by atoms with Crippen molar-refractivity contribution in [1.82, 2.24) is 20.1 Å². The maximum Gasteiger partial charge on any atom is 0.409 e. The van der Waals surface area contributed by atoms with E-state index < -0.39 is 5.60 Å². The summed E-state index contributed by atoms with van der Waals surface area (Å²) in [5.41, 5.74) is -0.642. The monoisotopic (exact) mass is 610 g/mol. The van der Waals surface area contributed by atoms with Crippen molar-refractivity contribution in [2.24, 2.45) is 0 Å². The number of methoxy groups -OCH3 is 1. The fraction of sp³-hybridized carbons (Fsp3) is 0.912. The van der Waals surface area contributed by atoms with Gasteiger partial charge in [0.25, 0.3) is 0 Å². The van der Waals surface area contributed by atoms with Crippen LogP contribution in [0, 0.1) is 0 Å². The molecule has 1 amide bonds. The second kappa shape index (κ2) is 27.7. The fourth-order valence-electron chi connectivity index (χ4n) is 5.12. The standard InChI is InChI=1S/C34H67N5O4/c1-5-6-7-8-9-10-11-12-13-14-15-16-17-18-21-24-27-39(3)33(40)43-30-34(2,41-4)29-42-28-25-22-19-20-23-26-35-32-36-31-37-38-32/h31H,5-30H2,1-4H3,(H2,35,36,37,38). The van der Waals surface area contributed by atoms with Crippen LogP contribution in [0.4, 0.5) is 10.7 Å². The number of rotatable bonds is 31. The third-order valence-corrected chi connectivity index (χ3v) is 8.23. The van der Waals surface area contributed by atoms with Crippen molar-refractivity contribution in [2.75, 3.05) is 52.4 Å². The van der Waals surface area contributed by atoms with E-state index in [0.29, 0.717) is 13.2 Å². The molecule has 43 heavy (non-hydrogen) atoms. The lowest BCUT2D eigenvalue weighted by molar-refractivity contribution is -0.0956. The van der Waals surface area contributed by atoms with Gasteiger partial charge >= 0.3 is 6.09 Å². The molecule has 0 aliphatic rings. The molecule has 252 valence electrons. The predicted molar refractivity (Wildman–Crippen MR) is 178 cm³/mol. The lowest BCUT2D eigenvalue weighted by atomic mass is 10.0. The van der Waals surface area contributed by atoms with E-state index in [1.165, 1.54) is 115 Å². The Morgan fingerprint density at radius 1 is 0.814 bits per heavy atom. The van der Waals surface area contributed by atoms with Gasteiger partial charge in [-0.25, -0.2) is 14.9 Å². The van der Waals surface area contributed by atoms with E-state index in [4.69, 9.17) is 14.2 Å². The molecule has 2 N–H and O–H groups in total. The minimum atomic E-state index is -0.642. The maximum atomic E-state index is 12.5. The number of nitrogens with zero attached hydrogens (tertiary/aromatic N) is 3. The molecule has 0 radical (unpaired) electrons. The maximum absolute atomic E-state index is 12.5. The van der Waals surface area contributed by atoms with Crippen LogP contribution in [0.15, 0.2) is 6.33 Å². The number of H-pyrrole nitrogens is 1. The van der Waals surface area contributed by atoms with Crippen LogP contribution in [0.3, 0.4) is 0 Å². The Bertz CT molecular complexity index is 736. The van der Waals surface area contributed by atoms with E-state index >= 15 is 0 Å². The normalized spacial score (nSPS) is 12.7. The topological polar surface area (TPSA) is 102 Å². The van der Waals surface area contributed by atoms with E-state index in [2.05, 4.69) is 27.4 Å². The van der Waals surface area contributed by atoms with Gasteiger partial charge in [-0.1, -0.05) is 122 Å². The van der Waals surface area contributed by atoms with Gasteiger partial charge < -0.3 is 24.4 Å². The number of carbonyl (C=O) groups excluding carboxylic acids is 1. The molecule has 1 heterocycles. The van der Waals surface area contributed by atoms with Crippen molar-refractivity contribution in [3.05, 3.63) is 6.33 Å². The quantitative estimate of drug-likeness (QED) is 0.0810. The highest BCUT2D eigenvalue weighted by Crippen LogP contribution is 2.15. The van der Waals surface area contributed by atoms with Crippen LogP contribution in [0.25, 0.3) is 0 Å². The number of anilines is 1. The summed E-state index contributed by atoms with van der Waals surface area (Å²) in [7, 11) is 3.46. The fourth-order valence-corrected chi connectivity index (χ4v) is 5.12. The molecule has 0 fully saturated rings. The summed E-state index contributed by atoms with van der Waals surface area (Å²) < 4.78 is 17.1. The van der Waals surface area contributed by atoms with Gasteiger partial charge in [0.05, 0.1) is 6.61 Å². The van der Waals surface area contributed by atoms with E-state index in [0.717, 1.165) is 44.7 Å². The number of nitrogens with one attached hydrogen (secondary N) is 2. The Labute approximate surface area is 264 Å². The summed E-state index contributed by atoms with van der Waals surface area (Å²) in [5, 5.41) is 9.83. The molecule has 9 heteroatoms. The Hall–Kier alpha value is -1.87. The largest absolute Gasteiger partial charge is 0.446 e. The Morgan fingerprint density at radius 3 is 1.88 bits per heavy atom. The number of amides is 1. The van der Waals surface area contributed by atoms with Crippen LogP contribution in [-0.2, 0) is 14.2 Å². The lowest BCUT2D eigenvalue weighted by Crippen LogP contribution is -2.41. The Kier molecular flexibility index (Phi) is 25.2. The van der Waals surface area contributed by atoms with Crippen molar-refractivity contribution in [3.8, 4) is 0 Å². The average Bonchev–Trinajstić information content (AvgIpc) is 3.54. The molecule has 0 aliphatic carbocycles. The number of aromatic nitrogens is 3. The van der Waals surface area contributed by atoms with Gasteiger partial charge in [-0.3, -0.25) is 0 Å². The van der Waals surface area contributed by atoms with Crippen molar-refractivity contribution < 1.29 is 19.0 Å². The third-order valence-electron chi connectivity index (χ3n) is 8.23. The molecule has 0 saturated heterocycles. The summed E-state index contributed by atoms with van der Waals surface area (Å²) in [6.45, 7) is 7.10. The smallest absolute Gasteiger partial charge is 0.409 e. The highest BCUT2D eigenvalue weighted by atomic mass is 16.6. The molecule has 1 rings (SSSR count). The first kappa shape index (κ1) is 39.2. The number of ether oxygens (including phenoxy) is 3. The number of aromatic amines is 1. The number of hydrogen-bond acceptors (Lipinski definition) is 7. The third kappa shape index (κ3) is 23.2. The summed E-state index contributed by atoms with van der Waals surface area (Å²) in [5.74, 6) is 0.724. The summed E-state index contributed by atoms with van der Waals surface area (Å²) in [6, 6.07) is 0. The molecule has 1 atom stereocenters. The zero-order valence-corrected chi connectivity index (χ0v) is 28.4. The molecular weight excluding hydrogens is 542 g/mol. The zero-order chi connectivity index (χ0) is 31.3. The molecule has 0 bridgehead atoms. The van der Waals surface area contributed by atoms with Crippen LogP contribution in [0.2, 0.25) is 0 Å². The van der Waals surface area contributed by atoms with E-state index in [1.807, 2.05) is 14.0 Å². The van der Waals surface area contributed by atoms with Gasteiger partial charge in [-0.15, -0.1) is 0 Å². The molecule has 0 saturated carbocycles. The minimum Gasteiger partial charge on any atom is -0.446 e. The van der Waals surface area contributed by atoms with Crippen molar-refractivity contribution >= 4 is 12.0 Å². The molecule has 0 spiro atoms. The highest BCUT2D eigenvalue weighted by molar-refractivity contribution is 5.67. The van der Waals surface area contributed by atoms with Crippen LogP contribution in [0.5, 0.6) is 0 Å². The Morgan fingerprint density at radius 2 is 1.35 bits per heavy atom. The SMILES string of the molecule is CCCCCCCCCCCCCCCCCCN(C)C(=O)OCC(C)(COCCCCCCCNc1ncn[nH]1)OC. The van der Waals surface area contributed by atoms with Gasteiger partial charge in [0.2, 0.25) is 5.95 Å². The molecular formula is C34H67N5O4. The molecule has 0 aliphatic heterocycles. The second-order valence-corrected chi connectivity index (χ2v) is 12.5. The van der Waals surface area contributed by atoms with Crippen LogP contribution >= 0.6 is 0 Å². The summed E-state index contributed by atoms with van der Waals surface area (Å²) in [4.78, 5) is 18.2. The van der Waals surface area contributed by atoms with Gasteiger partial charge in [-0.05, 0) is 26.2 Å². The second-order valence-electron chi connectivity index (χ2n) is 12.5. The minimum absolute atomic E-state index is 0.184. The first-order chi connectivity index (χ1) is 21.0. The van der Waals surface area contributed by atoms with Crippen LogP contribution in [0.1, 0.15) is 149 Å². The van der Waals surface area contributed by atoms with Crippen molar-refractivity contribution in [3.63, 3.8) is 0 Å². The average molecular weight is 610 g/mol. The molecule has 1 unspecified atom stereocenters. The van der Waals surface area contributed by atoms with E-state index in [1.54, 1.807) is 12.0 Å². The zero-order valence-electron chi connectivity index (χ0n) is 28.4.